The van der Waals surface area contributed by atoms with Gasteiger partial charge >= 0.3 is 0 Å². The lowest BCUT2D eigenvalue weighted by molar-refractivity contribution is -0.121. The third-order valence-electron chi connectivity index (χ3n) is 3.54. The lowest BCUT2D eigenvalue weighted by Crippen LogP contribution is -2.33. The van der Waals surface area contributed by atoms with E-state index in [2.05, 4.69) is 5.32 Å². The van der Waals surface area contributed by atoms with Crippen molar-refractivity contribution < 1.29 is 13.2 Å². The number of nitrogens with two attached hydrogens (primary N) is 1. The summed E-state index contributed by atoms with van der Waals surface area (Å²) in [6.07, 6.45) is 7.57. The van der Waals surface area contributed by atoms with Crippen LogP contribution >= 0.6 is 0 Å². The molecule has 0 aromatic carbocycles. The molecule has 112 valence electrons. The Hall–Kier alpha value is -0.620. The van der Waals surface area contributed by atoms with Crippen molar-refractivity contribution in [1.29, 1.82) is 0 Å². The predicted molar refractivity (Wildman–Crippen MR) is 76.5 cm³/mol. The second-order valence-electron chi connectivity index (χ2n) is 5.80. The molecular weight excluding hydrogens is 264 g/mol. The van der Waals surface area contributed by atoms with Crippen molar-refractivity contribution in [3.63, 3.8) is 0 Å². The summed E-state index contributed by atoms with van der Waals surface area (Å²) in [4.78, 5) is 11.6. The molecule has 5 nitrogen and oxygen atoms in total. The van der Waals surface area contributed by atoms with Crippen LogP contribution in [-0.2, 0) is 14.6 Å². The number of carbonyl (C=O) groups excluding carboxylic acids is 1. The van der Waals surface area contributed by atoms with Crippen LogP contribution in [0, 0.1) is 5.41 Å². The molecule has 1 amide bonds. The van der Waals surface area contributed by atoms with Crippen LogP contribution in [0.1, 0.15) is 44.9 Å². The van der Waals surface area contributed by atoms with E-state index in [9.17, 15) is 13.2 Å². The second-order valence-corrected chi connectivity index (χ2v) is 7.94. The van der Waals surface area contributed by atoms with Gasteiger partial charge in [-0.1, -0.05) is 12.8 Å². The van der Waals surface area contributed by atoms with E-state index in [-0.39, 0.29) is 17.1 Å². The first-order valence-electron chi connectivity index (χ1n) is 7.01. The Morgan fingerprint density at radius 2 is 1.84 bits per heavy atom. The van der Waals surface area contributed by atoms with Gasteiger partial charge in [-0.15, -0.1) is 0 Å². The monoisotopic (exact) mass is 290 g/mol. The van der Waals surface area contributed by atoms with Gasteiger partial charge in [0.2, 0.25) is 5.91 Å². The van der Waals surface area contributed by atoms with Crippen molar-refractivity contribution in [2.45, 2.75) is 44.9 Å². The van der Waals surface area contributed by atoms with E-state index in [0.29, 0.717) is 19.5 Å². The Balaban J connectivity index is 2.13. The van der Waals surface area contributed by atoms with E-state index >= 15 is 0 Å². The highest BCUT2D eigenvalue weighted by molar-refractivity contribution is 7.90. The van der Waals surface area contributed by atoms with Crippen LogP contribution in [0.4, 0.5) is 0 Å². The van der Waals surface area contributed by atoms with Gasteiger partial charge in [-0.05, 0) is 32.2 Å². The van der Waals surface area contributed by atoms with Gasteiger partial charge in [-0.3, -0.25) is 4.79 Å². The highest BCUT2D eigenvalue weighted by Crippen LogP contribution is 2.46. The molecule has 0 atom stereocenters. The maximum Gasteiger partial charge on any atom is 0.220 e. The van der Waals surface area contributed by atoms with Crippen LogP contribution in [-0.4, -0.2) is 39.4 Å². The second kappa shape index (κ2) is 7.24. The molecular formula is C13H26N2O3S. The molecule has 1 rings (SSSR count). The van der Waals surface area contributed by atoms with Gasteiger partial charge < -0.3 is 11.1 Å². The Labute approximate surface area is 116 Å². The first kappa shape index (κ1) is 16.4. The largest absolute Gasteiger partial charge is 0.356 e. The summed E-state index contributed by atoms with van der Waals surface area (Å²) in [5, 5.41) is 2.87. The molecule has 0 aromatic rings. The van der Waals surface area contributed by atoms with Gasteiger partial charge in [-0.2, -0.15) is 0 Å². The summed E-state index contributed by atoms with van der Waals surface area (Å²) < 4.78 is 22.6. The van der Waals surface area contributed by atoms with Crippen molar-refractivity contribution >= 4 is 15.7 Å². The number of unbranched alkanes of at least 4 members (excludes halogenated alkanes) is 3. The van der Waals surface area contributed by atoms with E-state index < -0.39 is 9.84 Å². The smallest absolute Gasteiger partial charge is 0.220 e. The molecule has 0 aliphatic heterocycles. The summed E-state index contributed by atoms with van der Waals surface area (Å²) >= 11 is 0. The Kier molecular flexibility index (Phi) is 6.26. The van der Waals surface area contributed by atoms with Crippen LogP contribution in [0.3, 0.4) is 0 Å². The maximum absolute atomic E-state index is 11.6. The van der Waals surface area contributed by atoms with E-state index in [1.165, 1.54) is 6.26 Å². The lowest BCUT2D eigenvalue weighted by Gasteiger charge is -2.14. The molecule has 1 aliphatic carbocycles. The number of hydrogen-bond donors (Lipinski definition) is 2. The minimum Gasteiger partial charge on any atom is -0.356 e. The molecule has 19 heavy (non-hydrogen) atoms. The first-order chi connectivity index (χ1) is 8.87. The van der Waals surface area contributed by atoms with E-state index in [4.69, 9.17) is 5.73 Å². The molecule has 0 saturated heterocycles. The number of carbonyl (C=O) groups is 1. The van der Waals surface area contributed by atoms with Crippen LogP contribution in [0.25, 0.3) is 0 Å². The normalized spacial score (nSPS) is 17.2. The highest BCUT2D eigenvalue weighted by Gasteiger charge is 2.45. The number of rotatable bonds is 10. The van der Waals surface area contributed by atoms with Crippen molar-refractivity contribution in [2.75, 3.05) is 25.1 Å². The molecule has 3 N–H and O–H groups in total. The number of amides is 1. The summed E-state index contributed by atoms with van der Waals surface area (Å²) in [5.74, 6) is 0.226. The van der Waals surface area contributed by atoms with Gasteiger partial charge in [0, 0.05) is 24.6 Å². The number of sulfone groups is 1. The molecule has 1 fully saturated rings. The fraction of sp³-hybridized carbons (Fsp3) is 0.923. The topological polar surface area (TPSA) is 89.3 Å². The zero-order valence-corrected chi connectivity index (χ0v) is 12.6. The standard InChI is InChI=1S/C13H26N2O3S/c1-19(17,18)11-13(7-8-13)10-15-12(16)6-4-2-3-5-9-14/h2-11,14H2,1H3,(H,15,16). The Morgan fingerprint density at radius 1 is 1.21 bits per heavy atom. The zero-order valence-electron chi connectivity index (χ0n) is 11.8. The summed E-state index contributed by atoms with van der Waals surface area (Å²) in [7, 11) is -2.96. The molecule has 0 heterocycles. The molecule has 6 heteroatoms. The Morgan fingerprint density at radius 3 is 2.37 bits per heavy atom. The average Bonchev–Trinajstić information content (AvgIpc) is 3.04. The molecule has 0 bridgehead atoms. The van der Waals surface area contributed by atoms with Gasteiger partial charge in [0.1, 0.15) is 9.84 Å². The van der Waals surface area contributed by atoms with Crippen molar-refractivity contribution in [2.24, 2.45) is 11.1 Å². The number of hydrogen-bond acceptors (Lipinski definition) is 4. The molecule has 1 aliphatic rings. The van der Waals surface area contributed by atoms with E-state index in [0.717, 1.165) is 38.5 Å². The lowest BCUT2D eigenvalue weighted by atomic mass is 10.1. The SMILES string of the molecule is CS(=O)(=O)CC1(CNC(=O)CCCCCCN)CC1. The van der Waals surface area contributed by atoms with Crippen molar-refractivity contribution in [3.05, 3.63) is 0 Å². The van der Waals surface area contributed by atoms with Gasteiger partial charge in [-0.25, -0.2) is 8.42 Å². The minimum atomic E-state index is -2.96. The molecule has 0 aromatic heterocycles. The van der Waals surface area contributed by atoms with Gasteiger partial charge in [0.15, 0.2) is 0 Å². The molecule has 0 spiro atoms. The third-order valence-corrected chi connectivity index (χ3v) is 4.68. The van der Waals surface area contributed by atoms with Gasteiger partial charge in [0.05, 0.1) is 5.75 Å². The summed E-state index contributed by atoms with van der Waals surface area (Å²) in [6, 6.07) is 0. The highest BCUT2D eigenvalue weighted by atomic mass is 32.2. The van der Waals surface area contributed by atoms with Crippen LogP contribution in [0.2, 0.25) is 0 Å². The summed E-state index contributed by atoms with van der Waals surface area (Å²) in [5.41, 5.74) is 5.22. The fourth-order valence-corrected chi connectivity index (χ4v) is 3.77. The zero-order chi connectivity index (χ0) is 14.4. The van der Waals surface area contributed by atoms with Crippen LogP contribution in [0.5, 0.6) is 0 Å². The quantitative estimate of drug-likeness (QED) is 0.583. The molecule has 0 unspecified atom stereocenters. The van der Waals surface area contributed by atoms with E-state index in [1.807, 2.05) is 0 Å². The predicted octanol–water partition coefficient (Wildman–Crippen LogP) is 0.837. The third kappa shape index (κ3) is 7.52. The maximum atomic E-state index is 11.6. The van der Waals surface area contributed by atoms with Crippen LogP contribution < -0.4 is 11.1 Å². The van der Waals surface area contributed by atoms with Crippen molar-refractivity contribution in [1.82, 2.24) is 5.32 Å². The fourth-order valence-electron chi connectivity index (χ4n) is 2.26. The van der Waals surface area contributed by atoms with Gasteiger partial charge in [0.25, 0.3) is 0 Å². The first-order valence-corrected chi connectivity index (χ1v) is 9.07. The summed E-state index contributed by atoms with van der Waals surface area (Å²) in [6.45, 7) is 1.21. The van der Waals surface area contributed by atoms with Crippen LogP contribution in [0.15, 0.2) is 0 Å². The average molecular weight is 290 g/mol. The molecule has 1 saturated carbocycles. The number of nitrogens with one attached hydrogen (secondary N) is 1. The van der Waals surface area contributed by atoms with Crippen molar-refractivity contribution in [3.8, 4) is 0 Å². The Bertz CT molecular complexity index is 389. The minimum absolute atomic E-state index is 0.0347. The van der Waals surface area contributed by atoms with E-state index in [1.54, 1.807) is 0 Å². The molecule has 0 radical (unpaired) electrons.